The second-order valence-electron chi connectivity index (χ2n) is 7.53. The van der Waals surface area contributed by atoms with Crippen LogP contribution in [0.25, 0.3) is 10.2 Å². The van der Waals surface area contributed by atoms with Crippen molar-refractivity contribution in [3.05, 3.63) is 42.5 Å². The first-order valence-electron chi connectivity index (χ1n) is 10.5. The van der Waals surface area contributed by atoms with Crippen LogP contribution in [0.5, 0.6) is 11.5 Å². The summed E-state index contributed by atoms with van der Waals surface area (Å²) < 4.78 is 43.0. The van der Waals surface area contributed by atoms with Crippen molar-refractivity contribution in [1.82, 2.24) is 10.5 Å². The van der Waals surface area contributed by atoms with Crippen LogP contribution in [0.1, 0.15) is 12.8 Å². The summed E-state index contributed by atoms with van der Waals surface area (Å²) in [4.78, 5) is 16.9. The number of hydrogen-bond acceptors (Lipinski definition) is 10. The minimum atomic E-state index is -4.06. The van der Waals surface area contributed by atoms with Gasteiger partial charge in [-0.3, -0.25) is 10.0 Å². The van der Waals surface area contributed by atoms with Gasteiger partial charge in [-0.15, -0.1) is 11.3 Å². The number of amides is 1. The molecule has 1 aliphatic heterocycles. The lowest BCUT2D eigenvalue weighted by Gasteiger charge is -2.34. The molecule has 2 heterocycles. The molecule has 2 aromatic carbocycles. The zero-order valence-electron chi connectivity index (χ0n) is 18.4. The maximum absolute atomic E-state index is 13.3. The second-order valence-corrected chi connectivity index (χ2v) is 12.2. The Bertz CT molecular complexity index is 1250. The van der Waals surface area contributed by atoms with Crippen molar-refractivity contribution in [3.63, 3.8) is 0 Å². The number of nitrogens with one attached hydrogen (secondary N) is 1. The van der Waals surface area contributed by atoms with Crippen molar-refractivity contribution in [2.45, 2.75) is 26.8 Å². The zero-order chi connectivity index (χ0) is 24.2. The second kappa shape index (κ2) is 10.5. The fourth-order valence-corrected chi connectivity index (χ4v) is 7.60. The van der Waals surface area contributed by atoms with Gasteiger partial charge in [-0.1, -0.05) is 11.8 Å². The molecule has 1 aliphatic rings. The van der Waals surface area contributed by atoms with Crippen LogP contribution in [-0.2, 0) is 19.4 Å². The fraction of sp³-hybridized carbons (Fsp3) is 0.364. The Kier molecular flexibility index (Phi) is 7.63. The van der Waals surface area contributed by atoms with E-state index in [9.17, 15) is 13.2 Å². The molecule has 0 bridgehead atoms. The molecule has 1 aromatic heterocycles. The third-order valence-electron chi connectivity index (χ3n) is 5.62. The molecule has 3 aromatic rings. The lowest BCUT2D eigenvalue weighted by Crippen LogP contribution is -2.54. The van der Waals surface area contributed by atoms with Crippen LogP contribution in [0.2, 0.25) is 0 Å². The number of nitrogens with zero attached hydrogens (tertiary/aromatic N) is 1. The van der Waals surface area contributed by atoms with Crippen molar-refractivity contribution in [2.24, 2.45) is 0 Å². The highest BCUT2D eigenvalue weighted by molar-refractivity contribution is 8.01. The van der Waals surface area contributed by atoms with Gasteiger partial charge in [0.15, 0.2) is 18.9 Å². The van der Waals surface area contributed by atoms with Gasteiger partial charge in [-0.25, -0.2) is 18.9 Å². The van der Waals surface area contributed by atoms with E-state index in [-0.39, 0.29) is 31.0 Å². The van der Waals surface area contributed by atoms with Gasteiger partial charge in [0.2, 0.25) is 0 Å². The number of fused-ring (bicyclic) bond motifs is 1. The van der Waals surface area contributed by atoms with Crippen LogP contribution < -0.4 is 15.0 Å². The van der Waals surface area contributed by atoms with Crippen LogP contribution >= 0.6 is 23.1 Å². The number of thiazole rings is 1. The first kappa shape index (κ1) is 24.7. The molecule has 0 atom stereocenters. The molecule has 0 radical (unpaired) electrons. The molecule has 1 saturated heterocycles. The maximum Gasteiger partial charge on any atom is 0.265 e. The Balaban J connectivity index is 1.36. The highest BCUT2D eigenvalue weighted by Gasteiger charge is 2.52. The number of aromatic nitrogens is 1. The van der Waals surface area contributed by atoms with Crippen molar-refractivity contribution in [3.8, 4) is 11.5 Å². The topological polar surface area (TPSA) is 124 Å². The predicted octanol–water partition coefficient (Wildman–Crippen LogP) is 3.30. The lowest BCUT2D eigenvalue weighted by atomic mass is 9.98. The summed E-state index contributed by atoms with van der Waals surface area (Å²) >= 11 is 3.18. The maximum atomic E-state index is 13.3. The minimum absolute atomic E-state index is 0.00960. The van der Waals surface area contributed by atoms with Crippen LogP contribution in [0, 0.1) is 0 Å². The monoisotopic (exact) mass is 524 g/mol. The Morgan fingerprint density at radius 2 is 1.91 bits per heavy atom. The average molecular weight is 525 g/mol. The number of hydrogen-bond donors (Lipinski definition) is 2. The molecule has 12 heteroatoms. The molecule has 2 N–H and O–H groups in total. The van der Waals surface area contributed by atoms with Gasteiger partial charge in [-0.05, 0) is 49.2 Å². The molecular formula is C22H24N2O7S3. The largest absolute Gasteiger partial charge is 0.497 e. The number of rotatable bonds is 9. The molecule has 0 saturated carbocycles. The Morgan fingerprint density at radius 3 is 2.59 bits per heavy atom. The van der Waals surface area contributed by atoms with Crippen LogP contribution in [0.3, 0.4) is 0 Å². The first-order chi connectivity index (χ1) is 16.4. The molecule has 0 unspecified atom stereocenters. The zero-order valence-corrected chi connectivity index (χ0v) is 20.8. The van der Waals surface area contributed by atoms with Crippen molar-refractivity contribution >= 4 is 49.1 Å². The highest BCUT2D eigenvalue weighted by Crippen LogP contribution is 2.36. The molecule has 182 valence electrons. The van der Waals surface area contributed by atoms with E-state index in [1.54, 1.807) is 42.3 Å². The van der Waals surface area contributed by atoms with Gasteiger partial charge < -0.3 is 14.2 Å². The molecule has 0 spiro atoms. The number of thioether (sulfide) groups is 1. The number of hydroxylamine groups is 1. The van der Waals surface area contributed by atoms with E-state index in [2.05, 4.69) is 4.98 Å². The first-order valence-corrected chi connectivity index (χ1v) is 13.8. The number of carbonyl (C=O) groups is 1. The van der Waals surface area contributed by atoms with Crippen molar-refractivity contribution in [2.75, 3.05) is 32.7 Å². The quantitative estimate of drug-likeness (QED) is 0.188. The SMILES string of the molecule is COc1ccc2sc(SCCOc3ccc(S(=O)(=O)C4(C(=O)NO)CCOCC4)cc3)nc2c1. The summed E-state index contributed by atoms with van der Waals surface area (Å²) in [5, 5.41) is 9.14. The molecule has 0 aliphatic carbocycles. The van der Waals surface area contributed by atoms with E-state index in [1.807, 2.05) is 18.2 Å². The number of benzene rings is 2. The summed E-state index contributed by atoms with van der Waals surface area (Å²) in [6.07, 6.45) is -0.0640. The number of ether oxygens (including phenoxy) is 3. The molecule has 4 rings (SSSR count). The van der Waals surface area contributed by atoms with Gasteiger partial charge >= 0.3 is 0 Å². The summed E-state index contributed by atoms with van der Waals surface area (Å²) in [5.41, 5.74) is 2.40. The third kappa shape index (κ3) is 4.86. The molecule has 9 nitrogen and oxygen atoms in total. The van der Waals surface area contributed by atoms with E-state index >= 15 is 0 Å². The van der Waals surface area contributed by atoms with Gasteiger partial charge in [0.25, 0.3) is 5.91 Å². The van der Waals surface area contributed by atoms with E-state index in [0.29, 0.717) is 18.1 Å². The van der Waals surface area contributed by atoms with E-state index in [0.717, 1.165) is 20.3 Å². The van der Waals surface area contributed by atoms with Gasteiger partial charge in [0.05, 0.1) is 28.8 Å². The number of sulfone groups is 1. The Morgan fingerprint density at radius 1 is 1.21 bits per heavy atom. The van der Waals surface area contributed by atoms with E-state index < -0.39 is 20.5 Å². The standard InChI is InChI=1S/C22H24N2O7S3/c1-29-16-4-7-19-18(14-16)23-21(33-19)32-13-12-31-15-2-5-17(6-3-15)34(27,28)22(20(25)24-26)8-10-30-11-9-22/h2-7,14,26H,8-13H2,1H3,(H,24,25). The normalized spacial score (nSPS) is 15.7. The molecular weight excluding hydrogens is 500 g/mol. The fourth-order valence-electron chi connectivity index (χ4n) is 3.72. The molecule has 34 heavy (non-hydrogen) atoms. The number of methoxy groups -OCH3 is 1. The van der Waals surface area contributed by atoms with Gasteiger partial charge in [0, 0.05) is 25.0 Å². The van der Waals surface area contributed by atoms with Crippen molar-refractivity contribution < 1.29 is 32.6 Å². The lowest BCUT2D eigenvalue weighted by molar-refractivity contribution is -0.134. The highest BCUT2D eigenvalue weighted by atomic mass is 32.2. The molecule has 1 fully saturated rings. The van der Waals surface area contributed by atoms with Crippen LogP contribution in [0.4, 0.5) is 0 Å². The average Bonchev–Trinajstić information content (AvgIpc) is 3.28. The van der Waals surface area contributed by atoms with Gasteiger partial charge in [-0.2, -0.15) is 0 Å². The van der Waals surface area contributed by atoms with Gasteiger partial charge in [0.1, 0.15) is 11.5 Å². The summed E-state index contributed by atoms with van der Waals surface area (Å²) in [6, 6.07) is 11.7. The smallest absolute Gasteiger partial charge is 0.265 e. The summed E-state index contributed by atoms with van der Waals surface area (Å²) in [7, 11) is -2.44. The Hall–Kier alpha value is -2.38. The predicted molar refractivity (Wildman–Crippen MR) is 129 cm³/mol. The van der Waals surface area contributed by atoms with Crippen molar-refractivity contribution in [1.29, 1.82) is 0 Å². The van der Waals surface area contributed by atoms with Crippen LogP contribution in [0.15, 0.2) is 51.7 Å². The van der Waals surface area contributed by atoms with E-state index in [4.69, 9.17) is 19.4 Å². The Labute approximate surface area is 205 Å². The molecule has 1 amide bonds. The number of carbonyl (C=O) groups excluding carboxylic acids is 1. The summed E-state index contributed by atoms with van der Waals surface area (Å²) in [6.45, 7) is 0.644. The minimum Gasteiger partial charge on any atom is -0.497 e. The third-order valence-corrected chi connectivity index (χ3v) is 10.3. The summed E-state index contributed by atoms with van der Waals surface area (Å²) in [5.74, 6) is 1.00. The van der Waals surface area contributed by atoms with Crippen LogP contribution in [-0.4, -0.2) is 61.9 Å². The van der Waals surface area contributed by atoms with E-state index in [1.165, 1.54) is 17.6 Å².